The van der Waals surface area contributed by atoms with Gasteiger partial charge in [0, 0.05) is 29.9 Å². The standard InChI is InChI=1S/C22H21NO3/c1-3-23(4-2)16-12-9-15(10-13-16)11-14-19(24)20-21(25)17-7-5-6-8-18(17)22(20)26/h5-14,25H,3-4H2,1-2H3. The Labute approximate surface area is 153 Å². The van der Waals surface area contributed by atoms with E-state index in [9.17, 15) is 14.7 Å². The Bertz CT molecular complexity index is 903. The molecule has 0 aromatic heterocycles. The first-order valence-corrected chi connectivity index (χ1v) is 8.71. The van der Waals surface area contributed by atoms with Crippen LogP contribution in [-0.2, 0) is 4.79 Å². The first kappa shape index (κ1) is 17.7. The Balaban J connectivity index is 1.79. The molecule has 0 aliphatic heterocycles. The maximum Gasteiger partial charge on any atom is 0.201 e. The van der Waals surface area contributed by atoms with Crippen LogP contribution in [0.5, 0.6) is 0 Å². The molecular formula is C22H21NO3. The van der Waals surface area contributed by atoms with Crippen molar-refractivity contribution in [2.75, 3.05) is 18.0 Å². The third kappa shape index (κ3) is 3.18. The number of anilines is 1. The van der Waals surface area contributed by atoms with Crippen LogP contribution >= 0.6 is 0 Å². The van der Waals surface area contributed by atoms with Crippen LogP contribution < -0.4 is 4.90 Å². The van der Waals surface area contributed by atoms with Crippen molar-refractivity contribution in [2.24, 2.45) is 0 Å². The summed E-state index contributed by atoms with van der Waals surface area (Å²) in [6.45, 7) is 6.07. The van der Waals surface area contributed by atoms with Crippen molar-refractivity contribution >= 4 is 29.1 Å². The summed E-state index contributed by atoms with van der Waals surface area (Å²) in [5, 5.41) is 10.2. The van der Waals surface area contributed by atoms with Gasteiger partial charge in [-0.05, 0) is 37.6 Å². The molecule has 0 radical (unpaired) electrons. The minimum atomic E-state index is -0.489. The lowest BCUT2D eigenvalue weighted by atomic mass is 10.0. The summed E-state index contributed by atoms with van der Waals surface area (Å²) in [5.74, 6) is -1.15. The molecule has 2 aromatic rings. The largest absolute Gasteiger partial charge is 0.506 e. The van der Waals surface area contributed by atoms with E-state index in [0.29, 0.717) is 11.1 Å². The van der Waals surface area contributed by atoms with Gasteiger partial charge in [0.25, 0.3) is 0 Å². The molecule has 1 N–H and O–H groups in total. The molecule has 1 aliphatic carbocycles. The summed E-state index contributed by atoms with van der Waals surface area (Å²) in [7, 11) is 0. The molecule has 0 saturated carbocycles. The SMILES string of the molecule is CCN(CC)c1ccc(C=CC(=O)C2=C(O)c3ccccc3C2=O)cc1. The summed E-state index contributed by atoms with van der Waals surface area (Å²) in [4.78, 5) is 27.0. The molecule has 0 spiro atoms. The maximum atomic E-state index is 12.4. The third-order valence-electron chi connectivity index (χ3n) is 4.59. The highest BCUT2D eigenvalue weighted by Crippen LogP contribution is 2.31. The van der Waals surface area contributed by atoms with Crippen LogP contribution in [0.3, 0.4) is 0 Å². The number of fused-ring (bicyclic) bond motifs is 1. The number of aliphatic hydroxyl groups is 1. The zero-order valence-electron chi connectivity index (χ0n) is 14.9. The highest BCUT2D eigenvalue weighted by atomic mass is 16.3. The summed E-state index contributed by atoms with van der Waals surface area (Å²) >= 11 is 0. The number of Topliss-reactive ketones (excluding diaryl/α,β-unsaturated/α-hetero) is 1. The van der Waals surface area contributed by atoms with Gasteiger partial charge >= 0.3 is 0 Å². The number of hydrogen-bond donors (Lipinski definition) is 1. The average Bonchev–Trinajstić information content (AvgIpc) is 2.93. The first-order chi connectivity index (χ1) is 12.6. The van der Waals surface area contributed by atoms with Crippen LogP contribution in [0.1, 0.15) is 35.3 Å². The second-order valence-corrected chi connectivity index (χ2v) is 6.06. The van der Waals surface area contributed by atoms with E-state index in [4.69, 9.17) is 0 Å². The normalized spacial score (nSPS) is 13.4. The zero-order chi connectivity index (χ0) is 18.7. The van der Waals surface area contributed by atoms with Gasteiger partial charge in [0.1, 0.15) is 11.3 Å². The van der Waals surface area contributed by atoms with Gasteiger partial charge in [-0.1, -0.05) is 42.5 Å². The molecule has 0 heterocycles. The van der Waals surface area contributed by atoms with Crippen molar-refractivity contribution in [3.63, 3.8) is 0 Å². The molecule has 0 atom stereocenters. The predicted molar refractivity (Wildman–Crippen MR) is 104 cm³/mol. The van der Waals surface area contributed by atoms with Gasteiger partial charge in [0.2, 0.25) is 5.78 Å². The van der Waals surface area contributed by atoms with Crippen molar-refractivity contribution in [3.05, 3.63) is 76.9 Å². The fraction of sp³-hybridized carbons (Fsp3) is 0.182. The zero-order valence-corrected chi connectivity index (χ0v) is 14.9. The lowest BCUT2D eigenvalue weighted by Gasteiger charge is -2.20. The van der Waals surface area contributed by atoms with Gasteiger partial charge in [0.05, 0.1) is 0 Å². The van der Waals surface area contributed by atoms with Gasteiger partial charge in [-0.2, -0.15) is 0 Å². The van der Waals surface area contributed by atoms with Gasteiger partial charge in [-0.15, -0.1) is 0 Å². The Morgan fingerprint density at radius 2 is 1.62 bits per heavy atom. The van der Waals surface area contributed by atoms with E-state index >= 15 is 0 Å². The summed E-state index contributed by atoms with van der Waals surface area (Å²) in [6.07, 6.45) is 2.99. The fourth-order valence-corrected chi connectivity index (χ4v) is 3.13. The molecular weight excluding hydrogens is 326 g/mol. The number of benzene rings is 2. The second kappa shape index (κ2) is 7.40. The van der Waals surface area contributed by atoms with Crippen LogP contribution in [0.25, 0.3) is 11.8 Å². The van der Waals surface area contributed by atoms with E-state index in [0.717, 1.165) is 24.3 Å². The molecule has 2 aromatic carbocycles. The molecule has 0 bridgehead atoms. The van der Waals surface area contributed by atoms with Crippen molar-refractivity contribution in [1.82, 2.24) is 0 Å². The summed E-state index contributed by atoms with van der Waals surface area (Å²) in [5.41, 5.74) is 2.60. The quantitative estimate of drug-likeness (QED) is 0.626. The maximum absolute atomic E-state index is 12.4. The Kier molecular flexibility index (Phi) is 5.03. The van der Waals surface area contributed by atoms with E-state index in [1.165, 1.54) is 6.08 Å². The number of allylic oxidation sites excluding steroid dienone is 2. The minimum Gasteiger partial charge on any atom is -0.506 e. The Morgan fingerprint density at radius 3 is 2.19 bits per heavy atom. The molecule has 3 rings (SSSR count). The molecule has 26 heavy (non-hydrogen) atoms. The topological polar surface area (TPSA) is 57.6 Å². The third-order valence-corrected chi connectivity index (χ3v) is 4.59. The predicted octanol–water partition coefficient (Wildman–Crippen LogP) is 4.28. The summed E-state index contributed by atoms with van der Waals surface area (Å²) in [6, 6.07) is 14.6. The number of ketones is 2. The molecule has 4 nitrogen and oxygen atoms in total. The van der Waals surface area contributed by atoms with Crippen LogP contribution in [0.15, 0.2) is 60.2 Å². The van der Waals surface area contributed by atoms with Gasteiger partial charge < -0.3 is 10.0 Å². The molecule has 0 amide bonds. The van der Waals surface area contributed by atoms with E-state index < -0.39 is 11.6 Å². The molecule has 0 unspecified atom stereocenters. The summed E-state index contributed by atoms with van der Waals surface area (Å²) < 4.78 is 0. The van der Waals surface area contributed by atoms with E-state index in [-0.39, 0.29) is 11.3 Å². The number of hydrogen-bond acceptors (Lipinski definition) is 4. The van der Waals surface area contributed by atoms with Gasteiger partial charge in [0.15, 0.2) is 5.78 Å². The van der Waals surface area contributed by atoms with Crippen LogP contribution in [-0.4, -0.2) is 29.8 Å². The minimum absolute atomic E-state index is 0.165. The molecule has 0 saturated heterocycles. The van der Waals surface area contributed by atoms with Crippen LogP contribution in [0.2, 0.25) is 0 Å². The van der Waals surface area contributed by atoms with Crippen molar-refractivity contribution in [2.45, 2.75) is 13.8 Å². The Morgan fingerprint density at radius 1 is 1.00 bits per heavy atom. The van der Waals surface area contributed by atoms with E-state index in [1.54, 1.807) is 30.3 Å². The van der Waals surface area contributed by atoms with Crippen molar-refractivity contribution in [3.8, 4) is 0 Å². The second-order valence-electron chi connectivity index (χ2n) is 6.06. The monoisotopic (exact) mass is 347 g/mol. The fourth-order valence-electron chi connectivity index (χ4n) is 3.13. The van der Waals surface area contributed by atoms with Gasteiger partial charge in [-0.3, -0.25) is 9.59 Å². The van der Waals surface area contributed by atoms with Crippen molar-refractivity contribution in [1.29, 1.82) is 0 Å². The number of carbonyl (C=O) groups excluding carboxylic acids is 2. The average molecular weight is 347 g/mol. The van der Waals surface area contributed by atoms with Gasteiger partial charge in [-0.25, -0.2) is 0 Å². The number of aliphatic hydroxyl groups excluding tert-OH is 1. The highest BCUT2D eigenvalue weighted by molar-refractivity contribution is 6.36. The molecule has 0 fully saturated rings. The van der Waals surface area contributed by atoms with Crippen LogP contribution in [0.4, 0.5) is 5.69 Å². The molecule has 4 heteroatoms. The first-order valence-electron chi connectivity index (χ1n) is 8.71. The lowest BCUT2D eigenvalue weighted by Crippen LogP contribution is -2.21. The number of carbonyl (C=O) groups is 2. The van der Waals surface area contributed by atoms with Crippen LogP contribution in [0, 0.1) is 0 Å². The number of nitrogens with zero attached hydrogens (tertiary/aromatic N) is 1. The van der Waals surface area contributed by atoms with E-state index in [1.807, 2.05) is 24.3 Å². The smallest absolute Gasteiger partial charge is 0.201 e. The van der Waals surface area contributed by atoms with E-state index in [2.05, 4.69) is 18.7 Å². The number of rotatable bonds is 6. The Hall–Kier alpha value is -3.14. The van der Waals surface area contributed by atoms with Crippen molar-refractivity contribution < 1.29 is 14.7 Å². The molecule has 1 aliphatic rings. The lowest BCUT2D eigenvalue weighted by molar-refractivity contribution is -0.110. The highest BCUT2D eigenvalue weighted by Gasteiger charge is 2.32. The molecule has 132 valence electrons.